The summed E-state index contributed by atoms with van der Waals surface area (Å²) in [5.74, 6) is 0. The van der Waals surface area contributed by atoms with E-state index in [1.807, 2.05) is 0 Å². The highest BCUT2D eigenvalue weighted by atomic mass is 32.2. The minimum absolute atomic E-state index is 0.208. The van der Waals surface area contributed by atoms with Crippen molar-refractivity contribution in [1.82, 2.24) is 0 Å². The van der Waals surface area contributed by atoms with E-state index in [9.17, 15) is 0 Å². The van der Waals surface area contributed by atoms with Crippen molar-refractivity contribution in [3.63, 3.8) is 0 Å². The first-order valence-corrected chi connectivity index (χ1v) is 5.78. The Bertz CT molecular complexity index is 86.6. The molecule has 0 fully saturated rings. The normalized spacial score (nSPS) is 11.0. The summed E-state index contributed by atoms with van der Waals surface area (Å²) in [6.07, 6.45) is 7.78. The van der Waals surface area contributed by atoms with E-state index in [4.69, 9.17) is 4.74 Å². The summed E-state index contributed by atoms with van der Waals surface area (Å²) in [6.45, 7) is 3.03. The standard InChI is InChI=1S/C9H20OS2/c1-2-3-4-5-6-7-8-10-9(11)12/h9,11-12H,2-8H2,1H3. The molecule has 0 heterocycles. The van der Waals surface area contributed by atoms with Gasteiger partial charge in [0.15, 0.2) is 0 Å². The van der Waals surface area contributed by atoms with Crippen molar-refractivity contribution in [1.29, 1.82) is 0 Å². The van der Waals surface area contributed by atoms with Crippen LogP contribution >= 0.6 is 25.3 Å². The lowest BCUT2D eigenvalue weighted by Crippen LogP contribution is -1.98. The van der Waals surface area contributed by atoms with Crippen LogP contribution in [0.15, 0.2) is 0 Å². The van der Waals surface area contributed by atoms with E-state index < -0.39 is 0 Å². The third kappa shape index (κ3) is 10.7. The predicted octanol–water partition coefficient (Wildman–Crippen LogP) is 3.51. The van der Waals surface area contributed by atoms with Crippen LogP contribution in [0.5, 0.6) is 0 Å². The fraction of sp³-hybridized carbons (Fsp3) is 1.00. The molecule has 0 radical (unpaired) electrons. The Kier molecular flexibility index (Phi) is 10.3. The predicted molar refractivity (Wildman–Crippen MR) is 61.1 cm³/mol. The highest BCUT2D eigenvalue weighted by molar-refractivity contribution is 7.98. The molecule has 74 valence electrons. The molecular formula is C9H20OS2. The third-order valence-corrected chi connectivity index (χ3v) is 2.06. The minimum atomic E-state index is -0.208. The van der Waals surface area contributed by atoms with Crippen LogP contribution in [0.2, 0.25) is 0 Å². The van der Waals surface area contributed by atoms with Crippen molar-refractivity contribution in [2.24, 2.45) is 0 Å². The van der Waals surface area contributed by atoms with Gasteiger partial charge in [0, 0.05) is 6.61 Å². The highest BCUT2D eigenvalue weighted by Gasteiger charge is 1.94. The van der Waals surface area contributed by atoms with E-state index in [2.05, 4.69) is 32.2 Å². The van der Waals surface area contributed by atoms with Crippen molar-refractivity contribution in [2.45, 2.75) is 50.2 Å². The number of hydrogen-bond acceptors (Lipinski definition) is 3. The average Bonchev–Trinajstić information content (AvgIpc) is 2.02. The maximum Gasteiger partial charge on any atom is 0.144 e. The van der Waals surface area contributed by atoms with Crippen molar-refractivity contribution in [3.8, 4) is 0 Å². The first kappa shape index (κ1) is 12.7. The van der Waals surface area contributed by atoms with Crippen LogP contribution in [-0.4, -0.2) is 11.4 Å². The highest BCUT2D eigenvalue weighted by Crippen LogP contribution is 2.07. The van der Waals surface area contributed by atoms with Crippen molar-refractivity contribution in [2.75, 3.05) is 6.61 Å². The molecule has 0 aromatic heterocycles. The van der Waals surface area contributed by atoms with E-state index in [1.54, 1.807) is 0 Å². The van der Waals surface area contributed by atoms with Gasteiger partial charge in [0.1, 0.15) is 4.77 Å². The van der Waals surface area contributed by atoms with Crippen LogP contribution in [0.4, 0.5) is 0 Å². The number of unbranched alkanes of at least 4 members (excludes halogenated alkanes) is 5. The molecule has 0 aromatic carbocycles. The fourth-order valence-corrected chi connectivity index (χ4v) is 1.28. The van der Waals surface area contributed by atoms with Gasteiger partial charge in [-0.3, -0.25) is 0 Å². The van der Waals surface area contributed by atoms with E-state index in [0.29, 0.717) is 0 Å². The van der Waals surface area contributed by atoms with Crippen LogP contribution < -0.4 is 0 Å². The zero-order chi connectivity index (χ0) is 9.23. The van der Waals surface area contributed by atoms with Crippen molar-refractivity contribution < 1.29 is 4.74 Å². The SMILES string of the molecule is CCCCCCCCOC(S)S. The van der Waals surface area contributed by atoms with E-state index >= 15 is 0 Å². The molecule has 0 amide bonds. The maximum absolute atomic E-state index is 5.18. The summed E-state index contributed by atoms with van der Waals surface area (Å²) in [4.78, 5) is 0. The van der Waals surface area contributed by atoms with Crippen LogP contribution in [-0.2, 0) is 4.74 Å². The lowest BCUT2D eigenvalue weighted by atomic mass is 10.1. The summed E-state index contributed by atoms with van der Waals surface area (Å²) in [7, 11) is 0. The minimum Gasteiger partial charge on any atom is -0.358 e. The molecule has 0 rings (SSSR count). The quantitative estimate of drug-likeness (QED) is 0.353. The molecule has 3 heteroatoms. The largest absolute Gasteiger partial charge is 0.358 e. The average molecular weight is 208 g/mol. The molecular weight excluding hydrogens is 188 g/mol. The molecule has 0 unspecified atom stereocenters. The Balaban J connectivity index is 2.82. The molecule has 0 saturated heterocycles. The molecule has 0 atom stereocenters. The van der Waals surface area contributed by atoms with Gasteiger partial charge in [0.05, 0.1) is 0 Å². The number of rotatable bonds is 8. The molecule has 1 nitrogen and oxygen atoms in total. The number of thiol groups is 2. The van der Waals surface area contributed by atoms with Crippen molar-refractivity contribution >= 4 is 25.3 Å². The first-order valence-electron chi connectivity index (χ1n) is 4.75. The molecule has 0 aliphatic heterocycles. The molecule has 0 aliphatic carbocycles. The molecule has 0 spiro atoms. The molecule has 0 saturated carbocycles. The van der Waals surface area contributed by atoms with Gasteiger partial charge in [-0.2, -0.15) is 0 Å². The van der Waals surface area contributed by atoms with Crippen molar-refractivity contribution in [3.05, 3.63) is 0 Å². The Morgan fingerprint density at radius 2 is 1.58 bits per heavy atom. The lowest BCUT2D eigenvalue weighted by Gasteiger charge is -2.05. The lowest BCUT2D eigenvalue weighted by molar-refractivity contribution is 0.160. The van der Waals surface area contributed by atoms with Gasteiger partial charge in [-0.05, 0) is 6.42 Å². The molecule has 12 heavy (non-hydrogen) atoms. The Labute approximate surface area is 87.1 Å². The van der Waals surface area contributed by atoms with E-state index in [1.165, 1.54) is 32.1 Å². The zero-order valence-corrected chi connectivity index (χ0v) is 9.62. The van der Waals surface area contributed by atoms with Gasteiger partial charge < -0.3 is 4.74 Å². The smallest absolute Gasteiger partial charge is 0.144 e. The van der Waals surface area contributed by atoms with Crippen LogP contribution in [0, 0.1) is 0 Å². The monoisotopic (exact) mass is 208 g/mol. The molecule has 0 N–H and O–H groups in total. The summed E-state index contributed by atoms with van der Waals surface area (Å²) in [6, 6.07) is 0. The summed E-state index contributed by atoms with van der Waals surface area (Å²) in [5.41, 5.74) is 0. The van der Waals surface area contributed by atoms with E-state index in [-0.39, 0.29) is 4.77 Å². The topological polar surface area (TPSA) is 9.23 Å². The Hall–Kier alpha value is 0.660. The Morgan fingerprint density at radius 3 is 2.17 bits per heavy atom. The summed E-state index contributed by atoms with van der Waals surface area (Å²) < 4.78 is 4.97. The van der Waals surface area contributed by atoms with E-state index in [0.717, 1.165) is 13.0 Å². The second-order valence-corrected chi connectivity index (χ2v) is 4.31. The Morgan fingerprint density at radius 1 is 1.00 bits per heavy atom. The van der Waals surface area contributed by atoms with Crippen LogP contribution in [0.1, 0.15) is 45.4 Å². The maximum atomic E-state index is 5.18. The first-order chi connectivity index (χ1) is 5.77. The van der Waals surface area contributed by atoms with Gasteiger partial charge in [-0.15, -0.1) is 25.3 Å². The van der Waals surface area contributed by atoms with Crippen LogP contribution in [0.25, 0.3) is 0 Å². The summed E-state index contributed by atoms with van der Waals surface area (Å²) >= 11 is 8.00. The number of ether oxygens (including phenoxy) is 1. The summed E-state index contributed by atoms with van der Waals surface area (Å²) in [5, 5.41) is 0. The van der Waals surface area contributed by atoms with Gasteiger partial charge in [0.25, 0.3) is 0 Å². The van der Waals surface area contributed by atoms with Crippen LogP contribution in [0.3, 0.4) is 0 Å². The van der Waals surface area contributed by atoms with Gasteiger partial charge in [-0.25, -0.2) is 0 Å². The second kappa shape index (κ2) is 9.75. The number of hydrogen-bond donors (Lipinski definition) is 2. The molecule has 0 aromatic rings. The van der Waals surface area contributed by atoms with Gasteiger partial charge >= 0.3 is 0 Å². The molecule has 0 aliphatic rings. The molecule has 0 bridgehead atoms. The zero-order valence-electron chi connectivity index (χ0n) is 7.83. The van der Waals surface area contributed by atoms with Gasteiger partial charge in [-0.1, -0.05) is 39.0 Å². The third-order valence-electron chi connectivity index (χ3n) is 1.76. The van der Waals surface area contributed by atoms with Gasteiger partial charge in [0.2, 0.25) is 0 Å². The second-order valence-electron chi connectivity index (χ2n) is 2.96. The fourth-order valence-electron chi connectivity index (χ4n) is 1.07.